The van der Waals surface area contributed by atoms with Gasteiger partial charge in [0.15, 0.2) is 0 Å². The number of hydrogen-bond donors (Lipinski definition) is 2. The van der Waals surface area contributed by atoms with E-state index in [1.165, 1.54) is 49.9 Å². The number of aromatic nitrogens is 2. The van der Waals surface area contributed by atoms with Gasteiger partial charge in [0, 0.05) is 36.9 Å². The number of nitrogens with zero attached hydrogens (tertiary/aromatic N) is 3. The van der Waals surface area contributed by atoms with Gasteiger partial charge in [0.1, 0.15) is 15.5 Å². The number of anilines is 2. The second-order valence-electron chi connectivity index (χ2n) is 9.41. The smallest absolute Gasteiger partial charge is 0.263 e. The predicted octanol–water partition coefficient (Wildman–Crippen LogP) is 4.72. The molecule has 1 amide bonds. The van der Waals surface area contributed by atoms with Crippen molar-refractivity contribution in [2.45, 2.75) is 51.9 Å². The Hall–Kier alpha value is -2.67. The first-order chi connectivity index (χ1) is 15.5. The molecule has 1 aliphatic carbocycles. The second kappa shape index (κ2) is 8.70. The van der Waals surface area contributed by atoms with Gasteiger partial charge in [0.2, 0.25) is 0 Å². The van der Waals surface area contributed by atoms with Crippen molar-refractivity contribution in [3.8, 4) is 0 Å². The molecule has 5 rings (SSSR count). The second-order valence-corrected chi connectivity index (χ2v) is 10.4. The Morgan fingerprint density at radius 1 is 1.19 bits per heavy atom. The molecule has 1 spiro atoms. The molecule has 2 fully saturated rings. The Balaban J connectivity index is 1.16. The van der Waals surface area contributed by atoms with Gasteiger partial charge in [0.05, 0.1) is 5.69 Å². The maximum absolute atomic E-state index is 12.7. The molecular weight excluding hydrogens is 418 g/mol. The minimum atomic E-state index is -0.137. The zero-order valence-corrected chi connectivity index (χ0v) is 19.5. The third-order valence-electron chi connectivity index (χ3n) is 7.12. The van der Waals surface area contributed by atoms with Crippen LogP contribution >= 0.6 is 11.3 Å². The van der Waals surface area contributed by atoms with Crippen molar-refractivity contribution in [1.82, 2.24) is 15.3 Å². The summed E-state index contributed by atoms with van der Waals surface area (Å²) in [6.07, 6.45) is 10.9. The van der Waals surface area contributed by atoms with E-state index in [9.17, 15) is 4.79 Å². The highest BCUT2D eigenvalue weighted by Gasteiger charge is 2.39. The molecule has 0 aromatic carbocycles. The summed E-state index contributed by atoms with van der Waals surface area (Å²) in [7, 11) is 0. The average molecular weight is 450 g/mol. The normalized spacial score (nSPS) is 17.8. The lowest BCUT2D eigenvalue weighted by molar-refractivity contribution is 0.0959. The predicted molar refractivity (Wildman–Crippen MR) is 131 cm³/mol. The summed E-state index contributed by atoms with van der Waals surface area (Å²) in [4.78, 5) is 25.7. The van der Waals surface area contributed by atoms with E-state index in [0.29, 0.717) is 22.5 Å². The van der Waals surface area contributed by atoms with E-state index in [2.05, 4.69) is 27.3 Å². The number of thiophene rings is 1. The van der Waals surface area contributed by atoms with E-state index in [1.54, 1.807) is 0 Å². The average Bonchev–Trinajstić information content (AvgIpc) is 3.35. The van der Waals surface area contributed by atoms with E-state index in [1.807, 2.05) is 25.3 Å². The third kappa shape index (κ3) is 4.18. The van der Waals surface area contributed by atoms with Crippen molar-refractivity contribution in [2.24, 2.45) is 5.41 Å². The molecule has 168 valence electrons. The van der Waals surface area contributed by atoms with Crippen LogP contribution in [0.15, 0.2) is 30.5 Å². The summed E-state index contributed by atoms with van der Waals surface area (Å²) >= 11 is 1.35. The van der Waals surface area contributed by atoms with Crippen molar-refractivity contribution in [3.05, 3.63) is 46.6 Å². The molecule has 3 aromatic rings. The summed E-state index contributed by atoms with van der Waals surface area (Å²) in [5.74, 6) is 0.948. The number of hydrogen-bond acceptors (Lipinski definition) is 6. The maximum Gasteiger partial charge on any atom is 0.263 e. The Morgan fingerprint density at radius 2 is 2.03 bits per heavy atom. The summed E-state index contributed by atoms with van der Waals surface area (Å²) in [6.45, 7) is 4.76. The van der Waals surface area contributed by atoms with E-state index in [4.69, 9.17) is 10.7 Å². The van der Waals surface area contributed by atoms with Gasteiger partial charge in [-0.3, -0.25) is 4.79 Å². The zero-order chi connectivity index (χ0) is 22.1. The summed E-state index contributed by atoms with van der Waals surface area (Å²) in [5.41, 5.74) is 9.29. The molecule has 3 N–H and O–H groups in total. The Morgan fingerprint density at radius 3 is 2.81 bits per heavy atom. The number of carbonyl (C=O) groups is 1. The highest BCUT2D eigenvalue weighted by Crippen LogP contribution is 2.44. The van der Waals surface area contributed by atoms with Crippen LogP contribution in [0.2, 0.25) is 0 Å². The summed E-state index contributed by atoms with van der Waals surface area (Å²) in [5, 5.41) is 3.85. The van der Waals surface area contributed by atoms with E-state index >= 15 is 0 Å². The molecule has 3 aromatic heterocycles. The molecule has 7 heteroatoms. The first-order valence-corrected chi connectivity index (χ1v) is 12.5. The molecule has 0 unspecified atom stereocenters. The van der Waals surface area contributed by atoms with Crippen molar-refractivity contribution >= 4 is 39.0 Å². The monoisotopic (exact) mass is 449 g/mol. The summed E-state index contributed by atoms with van der Waals surface area (Å²) < 4.78 is 0. The minimum Gasteiger partial charge on any atom is -0.397 e. The van der Waals surface area contributed by atoms with Gasteiger partial charge in [-0.25, -0.2) is 9.97 Å². The lowest BCUT2D eigenvalue weighted by Gasteiger charge is -2.33. The number of nitrogens with two attached hydrogens (primary N) is 1. The third-order valence-corrected chi connectivity index (χ3v) is 8.24. The number of aryl methyl sites for hydroxylation is 1. The Labute approximate surface area is 193 Å². The van der Waals surface area contributed by atoms with Crippen LogP contribution in [0.4, 0.5) is 11.5 Å². The lowest BCUT2D eigenvalue weighted by atomic mass is 9.73. The van der Waals surface area contributed by atoms with Crippen LogP contribution in [0.5, 0.6) is 0 Å². The van der Waals surface area contributed by atoms with Gasteiger partial charge in [-0.15, -0.1) is 11.3 Å². The molecule has 2 aliphatic rings. The number of amides is 1. The first kappa shape index (κ1) is 21.2. The highest BCUT2D eigenvalue weighted by molar-refractivity contribution is 7.21. The molecule has 0 atom stereocenters. The van der Waals surface area contributed by atoms with Crippen LogP contribution in [-0.2, 0) is 6.42 Å². The van der Waals surface area contributed by atoms with Crippen LogP contribution in [0, 0.1) is 12.3 Å². The fourth-order valence-corrected chi connectivity index (χ4v) is 6.31. The fraction of sp³-hybridized carbons (Fsp3) is 0.480. The Kier molecular flexibility index (Phi) is 5.76. The van der Waals surface area contributed by atoms with Crippen molar-refractivity contribution in [1.29, 1.82) is 0 Å². The van der Waals surface area contributed by atoms with Crippen LogP contribution < -0.4 is 16.0 Å². The standard InChI is InChI=1S/C25H31N5OS/c1-17-5-7-19-21(26)22(32-24(19)29-17)23(31)27-13-9-18-6-8-20(28-15-18)30-14-12-25(16-30)10-3-2-4-11-25/h5-8,15H,2-4,9-14,16,26H2,1H3,(H,27,31). The number of rotatable bonds is 5. The van der Waals surface area contributed by atoms with Crippen LogP contribution in [0.25, 0.3) is 10.2 Å². The Bertz CT molecular complexity index is 1120. The fourth-order valence-electron chi connectivity index (χ4n) is 5.25. The number of pyridine rings is 2. The molecule has 1 saturated carbocycles. The summed E-state index contributed by atoms with van der Waals surface area (Å²) in [6, 6.07) is 8.13. The van der Waals surface area contributed by atoms with E-state index in [-0.39, 0.29) is 5.91 Å². The van der Waals surface area contributed by atoms with Gasteiger partial charge in [0.25, 0.3) is 5.91 Å². The minimum absolute atomic E-state index is 0.137. The lowest BCUT2D eigenvalue weighted by Crippen LogP contribution is -2.29. The number of nitrogen functional groups attached to an aromatic ring is 1. The molecule has 1 aliphatic heterocycles. The van der Waals surface area contributed by atoms with Crippen molar-refractivity contribution < 1.29 is 4.79 Å². The van der Waals surface area contributed by atoms with Gasteiger partial charge in [-0.05, 0) is 61.8 Å². The molecular formula is C25H31N5OS. The number of nitrogens with one attached hydrogen (secondary N) is 1. The molecule has 0 bridgehead atoms. The van der Waals surface area contributed by atoms with Gasteiger partial charge >= 0.3 is 0 Å². The first-order valence-electron chi connectivity index (χ1n) is 11.7. The van der Waals surface area contributed by atoms with Crippen molar-refractivity contribution in [3.63, 3.8) is 0 Å². The van der Waals surface area contributed by atoms with Crippen molar-refractivity contribution in [2.75, 3.05) is 30.3 Å². The topological polar surface area (TPSA) is 84.1 Å². The molecule has 32 heavy (non-hydrogen) atoms. The van der Waals surface area contributed by atoms with Gasteiger partial charge < -0.3 is 16.0 Å². The van der Waals surface area contributed by atoms with E-state index in [0.717, 1.165) is 46.8 Å². The number of carbonyl (C=O) groups excluding carboxylic acids is 1. The number of fused-ring (bicyclic) bond motifs is 1. The van der Waals surface area contributed by atoms with E-state index < -0.39 is 0 Å². The van der Waals surface area contributed by atoms with Crippen LogP contribution in [-0.4, -0.2) is 35.5 Å². The van der Waals surface area contributed by atoms with Gasteiger partial charge in [-0.2, -0.15) is 0 Å². The van der Waals surface area contributed by atoms with Gasteiger partial charge in [-0.1, -0.05) is 25.3 Å². The SMILES string of the molecule is Cc1ccc2c(N)c(C(=O)NCCc3ccc(N4CCC5(CCCCC5)C4)nc3)sc2n1. The quantitative estimate of drug-likeness (QED) is 0.589. The molecule has 4 heterocycles. The maximum atomic E-state index is 12.7. The molecule has 0 radical (unpaired) electrons. The molecule has 1 saturated heterocycles. The van der Waals surface area contributed by atoms with Crippen LogP contribution in [0.1, 0.15) is 59.5 Å². The van der Waals surface area contributed by atoms with Crippen LogP contribution in [0.3, 0.4) is 0 Å². The molecule has 6 nitrogen and oxygen atoms in total. The highest BCUT2D eigenvalue weighted by atomic mass is 32.1. The zero-order valence-electron chi connectivity index (χ0n) is 18.7. The largest absolute Gasteiger partial charge is 0.397 e.